The van der Waals surface area contributed by atoms with Crippen LogP contribution in [0.2, 0.25) is 0 Å². The molecule has 3 aromatic rings. The van der Waals surface area contributed by atoms with Gasteiger partial charge in [0.05, 0.1) is 12.3 Å². The first-order valence-electron chi connectivity index (χ1n) is 8.72. The van der Waals surface area contributed by atoms with E-state index in [9.17, 15) is 5.26 Å². The van der Waals surface area contributed by atoms with Crippen LogP contribution in [0.25, 0.3) is 16.8 Å². The average Bonchev–Trinajstić information content (AvgIpc) is 3.39. The molecule has 0 spiro atoms. The highest BCUT2D eigenvalue weighted by atomic mass is 32.1. The first-order valence-corrected chi connectivity index (χ1v) is 9.60. The lowest BCUT2D eigenvalue weighted by molar-refractivity contribution is 0.174. The summed E-state index contributed by atoms with van der Waals surface area (Å²) < 4.78 is 16.1. The maximum absolute atomic E-state index is 9.53. The predicted molar refractivity (Wildman–Crippen MR) is 108 cm³/mol. The van der Waals surface area contributed by atoms with Gasteiger partial charge in [0, 0.05) is 28.9 Å². The Bertz CT molecular complexity index is 1050. The summed E-state index contributed by atoms with van der Waals surface area (Å²) in [6.07, 6.45) is 1.65. The first kappa shape index (κ1) is 17.9. The second-order valence-corrected chi connectivity index (χ2v) is 6.74. The largest absolute Gasteiger partial charge is 0.494 e. The van der Waals surface area contributed by atoms with Crippen molar-refractivity contribution < 1.29 is 14.2 Å². The lowest BCUT2D eigenvalue weighted by atomic mass is 10.2. The molecule has 0 bridgehead atoms. The van der Waals surface area contributed by atoms with Gasteiger partial charge in [0.25, 0.3) is 0 Å². The number of fused-ring (bicyclic) bond motifs is 1. The Kier molecular flexibility index (Phi) is 5.13. The lowest BCUT2D eigenvalue weighted by Crippen LogP contribution is -1.93. The summed E-state index contributed by atoms with van der Waals surface area (Å²) in [5, 5.41) is 15.3. The van der Waals surface area contributed by atoms with E-state index in [0.29, 0.717) is 22.9 Å². The fourth-order valence-corrected chi connectivity index (χ4v) is 3.50. The zero-order valence-corrected chi connectivity index (χ0v) is 16.0. The van der Waals surface area contributed by atoms with Gasteiger partial charge < -0.3 is 19.5 Å². The summed E-state index contributed by atoms with van der Waals surface area (Å²) in [4.78, 5) is 4.60. The van der Waals surface area contributed by atoms with E-state index in [2.05, 4.69) is 16.4 Å². The maximum Gasteiger partial charge on any atom is 0.231 e. The van der Waals surface area contributed by atoms with Crippen LogP contribution < -0.4 is 19.5 Å². The molecule has 0 fully saturated rings. The number of thiazole rings is 1. The number of rotatable bonds is 6. The molecule has 2 aromatic carbocycles. The SMILES string of the molecule is CCOc1ccc(-c2csc(C(C#N)=CNc3ccc4c(c3)OCO4)n2)cc1. The molecule has 7 heteroatoms. The van der Waals surface area contributed by atoms with E-state index >= 15 is 0 Å². The van der Waals surface area contributed by atoms with E-state index < -0.39 is 0 Å². The van der Waals surface area contributed by atoms with Gasteiger partial charge in [-0.25, -0.2) is 4.98 Å². The number of hydrogen-bond acceptors (Lipinski definition) is 7. The van der Waals surface area contributed by atoms with Crippen molar-refractivity contribution in [2.24, 2.45) is 0 Å². The van der Waals surface area contributed by atoms with Crippen molar-refractivity contribution in [1.82, 2.24) is 4.98 Å². The van der Waals surface area contributed by atoms with Crippen molar-refractivity contribution in [3.05, 3.63) is 59.1 Å². The van der Waals surface area contributed by atoms with Gasteiger partial charge in [0.15, 0.2) is 11.5 Å². The quantitative estimate of drug-likeness (QED) is 0.602. The fraction of sp³-hybridized carbons (Fsp3) is 0.143. The minimum absolute atomic E-state index is 0.228. The minimum Gasteiger partial charge on any atom is -0.494 e. The highest BCUT2D eigenvalue weighted by Crippen LogP contribution is 2.34. The van der Waals surface area contributed by atoms with Crippen LogP contribution in [-0.2, 0) is 0 Å². The van der Waals surface area contributed by atoms with E-state index in [1.807, 2.05) is 54.8 Å². The number of ether oxygens (including phenoxy) is 3. The Morgan fingerprint density at radius 2 is 2.07 bits per heavy atom. The summed E-state index contributed by atoms with van der Waals surface area (Å²) in [5.41, 5.74) is 3.07. The van der Waals surface area contributed by atoms with Gasteiger partial charge in [0.1, 0.15) is 22.4 Å². The van der Waals surface area contributed by atoms with Gasteiger partial charge in [-0.05, 0) is 43.3 Å². The molecular formula is C21H17N3O3S. The highest BCUT2D eigenvalue weighted by molar-refractivity contribution is 7.11. The Morgan fingerprint density at radius 1 is 1.25 bits per heavy atom. The Labute approximate surface area is 166 Å². The zero-order valence-electron chi connectivity index (χ0n) is 15.1. The molecule has 1 N–H and O–H groups in total. The lowest BCUT2D eigenvalue weighted by Gasteiger charge is -2.03. The number of hydrogen-bond donors (Lipinski definition) is 1. The van der Waals surface area contributed by atoms with Crippen LogP contribution in [0.4, 0.5) is 5.69 Å². The van der Waals surface area contributed by atoms with Gasteiger partial charge >= 0.3 is 0 Å². The van der Waals surface area contributed by atoms with E-state index in [1.54, 1.807) is 6.20 Å². The van der Waals surface area contributed by atoms with Crippen LogP contribution in [0.3, 0.4) is 0 Å². The third-order valence-corrected chi connectivity index (χ3v) is 4.95. The van der Waals surface area contributed by atoms with Gasteiger partial charge in [-0.2, -0.15) is 5.26 Å². The van der Waals surface area contributed by atoms with E-state index in [-0.39, 0.29) is 6.79 Å². The highest BCUT2D eigenvalue weighted by Gasteiger charge is 2.13. The van der Waals surface area contributed by atoms with Crippen LogP contribution in [-0.4, -0.2) is 18.4 Å². The first-order chi connectivity index (χ1) is 13.8. The summed E-state index contributed by atoms with van der Waals surface area (Å²) in [7, 11) is 0. The minimum atomic E-state index is 0.228. The molecule has 0 radical (unpaired) electrons. The van der Waals surface area contributed by atoms with Crippen molar-refractivity contribution in [2.45, 2.75) is 6.92 Å². The van der Waals surface area contributed by atoms with Crippen LogP contribution in [0.5, 0.6) is 17.2 Å². The molecular weight excluding hydrogens is 374 g/mol. The molecule has 2 heterocycles. The predicted octanol–water partition coefficient (Wildman–Crippen LogP) is 4.91. The molecule has 1 aromatic heterocycles. The summed E-state index contributed by atoms with van der Waals surface area (Å²) in [6.45, 7) is 2.81. The standard InChI is InChI=1S/C21H17N3O3S/c1-2-25-17-6-3-14(4-7-17)18-12-28-21(24-18)15(10-22)11-23-16-5-8-19-20(9-16)27-13-26-19/h3-9,11-12,23H,2,13H2,1H3. The molecule has 140 valence electrons. The number of aromatic nitrogens is 1. The fourth-order valence-electron chi connectivity index (χ4n) is 2.70. The van der Waals surface area contributed by atoms with Crippen molar-refractivity contribution in [3.63, 3.8) is 0 Å². The van der Waals surface area contributed by atoms with Crippen molar-refractivity contribution in [1.29, 1.82) is 5.26 Å². The molecule has 0 aliphatic carbocycles. The third-order valence-electron chi connectivity index (χ3n) is 4.07. The molecule has 0 amide bonds. The number of allylic oxidation sites excluding steroid dienone is 1. The van der Waals surface area contributed by atoms with Gasteiger partial charge in [0.2, 0.25) is 6.79 Å². The monoisotopic (exact) mass is 391 g/mol. The molecule has 0 atom stereocenters. The van der Waals surface area contributed by atoms with Gasteiger partial charge in [-0.15, -0.1) is 11.3 Å². The van der Waals surface area contributed by atoms with Gasteiger partial charge in [-0.3, -0.25) is 0 Å². The molecule has 0 saturated heterocycles. The van der Waals surface area contributed by atoms with Gasteiger partial charge in [-0.1, -0.05) is 0 Å². The Hall–Kier alpha value is -3.50. The number of nitriles is 1. The van der Waals surface area contributed by atoms with Crippen LogP contribution in [0.15, 0.2) is 54.0 Å². The summed E-state index contributed by atoms with van der Waals surface area (Å²) in [5.74, 6) is 2.23. The third kappa shape index (κ3) is 3.77. The number of nitrogens with zero attached hydrogens (tertiary/aromatic N) is 2. The molecule has 1 aliphatic heterocycles. The number of anilines is 1. The van der Waals surface area contributed by atoms with E-state index in [1.165, 1.54) is 11.3 Å². The van der Waals surface area contributed by atoms with E-state index in [0.717, 1.165) is 28.4 Å². The Morgan fingerprint density at radius 3 is 2.86 bits per heavy atom. The van der Waals surface area contributed by atoms with Crippen molar-refractivity contribution in [3.8, 4) is 34.6 Å². The number of nitrogens with one attached hydrogen (secondary N) is 1. The molecule has 4 rings (SSSR count). The normalized spacial score (nSPS) is 12.5. The van der Waals surface area contributed by atoms with Crippen LogP contribution in [0, 0.1) is 11.3 Å². The van der Waals surface area contributed by atoms with E-state index in [4.69, 9.17) is 14.2 Å². The van der Waals surface area contributed by atoms with Crippen molar-refractivity contribution in [2.75, 3.05) is 18.7 Å². The second kappa shape index (κ2) is 8.03. The summed E-state index contributed by atoms with van der Waals surface area (Å²) in [6, 6.07) is 15.5. The second-order valence-electron chi connectivity index (χ2n) is 5.88. The summed E-state index contributed by atoms with van der Waals surface area (Å²) >= 11 is 1.43. The maximum atomic E-state index is 9.53. The average molecular weight is 391 g/mol. The van der Waals surface area contributed by atoms with Crippen molar-refractivity contribution >= 4 is 22.6 Å². The molecule has 1 aliphatic rings. The zero-order chi connectivity index (χ0) is 19.3. The molecule has 28 heavy (non-hydrogen) atoms. The Balaban J connectivity index is 1.51. The molecule has 6 nitrogen and oxygen atoms in total. The number of benzene rings is 2. The topological polar surface area (TPSA) is 76.4 Å². The van der Waals surface area contributed by atoms with Crippen LogP contribution >= 0.6 is 11.3 Å². The molecule has 0 saturated carbocycles. The van der Waals surface area contributed by atoms with Crippen LogP contribution in [0.1, 0.15) is 11.9 Å². The smallest absolute Gasteiger partial charge is 0.231 e. The molecule has 0 unspecified atom stereocenters.